The Balaban J connectivity index is 2.09. The lowest BCUT2D eigenvalue weighted by molar-refractivity contribution is -0.385. The zero-order chi connectivity index (χ0) is 14.9. The summed E-state index contributed by atoms with van der Waals surface area (Å²) in [5, 5.41) is 19.7. The molecule has 0 aliphatic carbocycles. The van der Waals surface area contributed by atoms with Crippen LogP contribution in [0.3, 0.4) is 0 Å². The summed E-state index contributed by atoms with van der Waals surface area (Å²) in [5.74, 6) is -0.863. The molecule has 2 rings (SSSR count). The van der Waals surface area contributed by atoms with Gasteiger partial charge in [-0.25, -0.2) is 0 Å². The molecule has 1 aromatic carbocycles. The quantitative estimate of drug-likeness (QED) is 0.652. The molecule has 1 unspecified atom stereocenters. The van der Waals surface area contributed by atoms with Gasteiger partial charge >= 0.3 is 11.7 Å². The van der Waals surface area contributed by atoms with Crippen molar-refractivity contribution in [2.45, 2.75) is 6.92 Å². The number of nitro groups is 1. The molecule has 1 atom stereocenters. The van der Waals surface area contributed by atoms with Crippen molar-refractivity contribution in [2.75, 3.05) is 25.1 Å². The highest BCUT2D eigenvalue weighted by molar-refractivity contribution is 5.71. The number of carboxylic acids is 1. The van der Waals surface area contributed by atoms with Crippen LogP contribution in [0.2, 0.25) is 0 Å². The van der Waals surface area contributed by atoms with Crippen molar-refractivity contribution >= 4 is 17.3 Å². The van der Waals surface area contributed by atoms with Crippen molar-refractivity contribution in [1.29, 1.82) is 0 Å². The molecule has 1 heterocycles. The van der Waals surface area contributed by atoms with Crippen LogP contribution < -0.4 is 9.64 Å². The van der Waals surface area contributed by atoms with Crippen molar-refractivity contribution in [3.05, 3.63) is 28.3 Å². The molecule has 1 aliphatic heterocycles. The monoisotopic (exact) mass is 280 g/mol. The Hall–Kier alpha value is -2.31. The normalized spacial score (nSPS) is 16.4. The van der Waals surface area contributed by atoms with Gasteiger partial charge in [0.15, 0.2) is 5.75 Å². The third-order valence-corrected chi connectivity index (χ3v) is 3.73. The number of nitro benzene ring substituents is 1. The third kappa shape index (κ3) is 2.52. The molecular weight excluding hydrogens is 264 g/mol. The van der Waals surface area contributed by atoms with Gasteiger partial charge in [0.1, 0.15) is 0 Å². The summed E-state index contributed by atoms with van der Waals surface area (Å²) in [6.07, 6.45) is 0. The number of carbonyl (C=O) groups is 1. The number of hydrogen-bond donors (Lipinski definition) is 1. The van der Waals surface area contributed by atoms with Crippen molar-refractivity contribution in [2.24, 2.45) is 11.8 Å². The maximum Gasteiger partial charge on any atom is 0.311 e. The van der Waals surface area contributed by atoms with Crippen molar-refractivity contribution in [3.63, 3.8) is 0 Å². The fourth-order valence-electron chi connectivity index (χ4n) is 2.26. The average molecular weight is 280 g/mol. The van der Waals surface area contributed by atoms with Gasteiger partial charge in [0.05, 0.1) is 18.0 Å². The average Bonchev–Trinajstić information content (AvgIpc) is 2.36. The number of carboxylic acid groups (broad SMARTS) is 1. The second-order valence-corrected chi connectivity index (χ2v) is 4.91. The van der Waals surface area contributed by atoms with Gasteiger partial charge in [-0.1, -0.05) is 6.92 Å². The molecule has 1 saturated heterocycles. The first kappa shape index (κ1) is 14.1. The van der Waals surface area contributed by atoms with Gasteiger partial charge in [-0.3, -0.25) is 14.9 Å². The summed E-state index contributed by atoms with van der Waals surface area (Å²) in [6.45, 7) is 2.96. The van der Waals surface area contributed by atoms with E-state index in [0.717, 1.165) is 5.69 Å². The molecule has 0 bridgehead atoms. The molecule has 0 amide bonds. The second kappa shape index (κ2) is 5.36. The van der Waals surface area contributed by atoms with E-state index in [4.69, 9.17) is 9.84 Å². The number of aliphatic carboxylic acids is 1. The molecule has 1 aliphatic rings. The van der Waals surface area contributed by atoms with E-state index in [-0.39, 0.29) is 23.3 Å². The maximum atomic E-state index is 10.9. The molecule has 20 heavy (non-hydrogen) atoms. The highest BCUT2D eigenvalue weighted by Gasteiger charge is 2.35. The van der Waals surface area contributed by atoms with Gasteiger partial charge in [-0.2, -0.15) is 0 Å². The zero-order valence-electron chi connectivity index (χ0n) is 11.3. The number of hydrogen-bond acceptors (Lipinski definition) is 5. The van der Waals surface area contributed by atoms with Gasteiger partial charge in [-0.05, 0) is 6.07 Å². The fourth-order valence-corrected chi connectivity index (χ4v) is 2.26. The largest absolute Gasteiger partial charge is 0.490 e. The van der Waals surface area contributed by atoms with Gasteiger partial charge < -0.3 is 14.7 Å². The standard InChI is InChI=1S/C13H16N2O5/c1-8(13(16)17)9-6-14(7-9)10-3-4-11(15(18)19)12(5-10)20-2/h3-5,8-9H,6-7H2,1-2H3,(H,16,17). The van der Waals surface area contributed by atoms with Crippen molar-refractivity contribution in [3.8, 4) is 5.75 Å². The summed E-state index contributed by atoms with van der Waals surface area (Å²) in [6, 6.07) is 4.67. The Morgan fingerprint density at radius 1 is 1.55 bits per heavy atom. The lowest BCUT2D eigenvalue weighted by Gasteiger charge is -2.42. The second-order valence-electron chi connectivity index (χ2n) is 4.91. The lowest BCUT2D eigenvalue weighted by Crippen LogP contribution is -2.51. The minimum Gasteiger partial charge on any atom is -0.490 e. The predicted molar refractivity (Wildman–Crippen MR) is 72.2 cm³/mol. The number of anilines is 1. The van der Waals surface area contributed by atoms with E-state index in [2.05, 4.69) is 0 Å². The zero-order valence-corrected chi connectivity index (χ0v) is 11.3. The van der Waals surface area contributed by atoms with Crippen LogP contribution in [0.5, 0.6) is 5.75 Å². The molecule has 0 saturated carbocycles. The first-order valence-corrected chi connectivity index (χ1v) is 6.24. The summed E-state index contributed by atoms with van der Waals surface area (Å²) in [4.78, 5) is 23.2. The number of benzene rings is 1. The van der Waals surface area contributed by atoms with Crippen LogP contribution in [0.15, 0.2) is 18.2 Å². The van der Waals surface area contributed by atoms with Crippen LogP contribution >= 0.6 is 0 Å². The predicted octanol–water partition coefficient (Wildman–Crippen LogP) is 1.76. The number of nitrogens with zero attached hydrogens (tertiary/aromatic N) is 2. The van der Waals surface area contributed by atoms with Crippen LogP contribution in [0, 0.1) is 22.0 Å². The molecule has 1 aromatic rings. The summed E-state index contributed by atoms with van der Waals surface area (Å²) >= 11 is 0. The first-order valence-electron chi connectivity index (χ1n) is 6.24. The van der Waals surface area contributed by atoms with Gasteiger partial charge in [0.2, 0.25) is 0 Å². The summed E-state index contributed by atoms with van der Waals surface area (Å²) in [5.41, 5.74) is 0.730. The van der Waals surface area contributed by atoms with Gasteiger partial charge in [-0.15, -0.1) is 0 Å². The topological polar surface area (TPSA) is 92.9 Å². The van der Waals surface area contributed by atoms with E-state index in [1.807, 2.05) is 4.90 Å². The highest BCUT2D eigenvalue weighted by Crippen LogP contribution is 2.35. The molecule has 1 N–H and O–H groups in total. The minimum absolute atomic E-state index is 0.0766. The van der Waals surface area contributed by atoms with E-state index in [0.29, 0.717) is 13.1 Å². The molecule has 0 radical (unpaired) electrons. The third-order valence-electron chi connectivity index (χ3n) is 3.73. The van der Waals surface area contributed by atoms with Crippen LogP contribution in [0.4, 0.5) is 11.4 Å². The molecule has 108 valence electrons. The fraction of sp³-hybridized carbons (Fsp3) is 0.462. The molecular formula is C13H16N2O5. The van der Waals surface area contributed by atoms with E-state index < -0.39 is 10.9 Å². The maximum absolute atomic E-state index is 10.9. The van der Waals surface area contributed by atoms with Crippen LogP contribution in [-0.2, 0) is 4.79 Å². The Morgan fingerprint density at radius 2 is 2.20 bits per heavy atom. The van der Waals surface area contributed by atoms with E-state index >= 15 is 0 Å². The van der Waals surface area contributed by atoms with Crippen LogP contribution in [-0.4, -0.2) is 36.2 Å². The molecule has 7 heteroatoms. The minimum atomic E-state index is -0.795. The molecule has 0 spiro atoms. The molecule has 1 fully saturated rings. The Kier molecular flexibility index (Phi) is 3.78. The first-order chi connectivity index (χ1) is 9.43. The lowest BCUT2D eigenvalue weighted by atomic mass is 9.86. The summed E-state index contributed by atoms with van der Waals surface area (Å²) < 4.78 is 5.02. The SMILES string of the molecule is COc1cc(N2CC(C(C)C(=O)O)C2)ccc1[N+](=O)[O-]. The molecule has 0 aromatic heterocycles. The van der Waals surface area contributed by atoms with Crippen LogP contribution in [0.1, 0.15) is 6.92 Å². The Morgan fingerprint density at radius 3 is 2.70 bits per heavy atom. The van der Waals surface area contributed by atoms with Gasteiger partial charge in [0, 0.05) is 36.8 Å². The molecule has 7 nitrogen and oxygen atoms in total. The van der Waals surface area contributed by atoms with E-state index in [1.165, 1.54) is 13.2 Å². The van der Waals surface area contributed by atoms with Crippen LogP contribution in [0.25, 0.3) is 0 Å². The Labute approximate surface area is 115 Å². The van der Waals surface area contributed by atoms with Crippen molar-refractivity contribution in [1.82, 2.24) is 0 Å². The number of ether oxygens (including phenoxy) is 1. The number of rotatable bonds is 5. The number of methoxy groups -OCH3 is 1. The smallest absolute Gasteiger partial charge is 0.311 e. The summed E-state index contributed by atoms with van der Waals surface area (Å²) in [7, 11) is 1.39. The van der Waals surface area contributed by atoms with Gasteiger partial charge in [0.25, 0.3) is 0 Å². The Bertz CT molecular complexity index is 540. The van der Waals surface area contributed by atoms with E-state index in [9.17, 15) is 14.9 Å². The highest BCUT2D eigenvalue weighted by atomic mass is 16.6. The van der Waals surface area contributed by atoms with E-state index in [1.54, 1.807) is 19.1 Å². The van der Waals surface area contributed by atoms with Crippen molar-refractivity contribution < 1.29 is 19.6 Å².